The van der Waals surface area contributed by atoms with Crippen molar-refractivity contribution < 1.29 is 4.79 Å². The van der Waals surface area contributed by atoms with Crippen LogP contribution < -0.4 is 0 Å². The molecule has 1 atom stereocenters. The second-order valence-electron chi connectivity index (χ2n) is 5.98. The molecule has 0 N–H and O–H groups in total. The van der Waals surface area contributed by atoms with E-state index in [4.69, 9.17) is 0 Å². The number of rotatable bonds is 5. The molecule has 2 aromatic carbocycles. The summed E-state index contributed by atoms with van der Waals surface area (Å²) in [7, 11) is 0. The fraction of sp³-hybridized carbons (Fsp3) is 0.350. The number of carbonyl (C=O) groups excluding carboxylic acids is 1. The molecular formula is C20H24N2OS. The van der Waals surface area contributed by atoms with Gasteiger partial charge in [0, 0.05) is 31.1 Å². The molecule has 1 aliphatic heterocycles. The van der Waals surface area contributed by atoms with Gasteiger partial charge in [0.15, 0.2) is 0 Å². The average molecular weight is 340 g/mol. The van der Waals surface area contributed by atoms with E-state index in [9.17, 15) is 4.79 Å². The van der Waals surface area contributed by atoms with E-state index in [0.29, 0.717) is 0 Å². The number of likely N-dealkylation sites (N-methyl/N-ethyl adjacent to an activating group) is 1. The minimum atomic E-state index is -0.179. The largest absolute Gasteiger partial charge is 0.339 e. The molecule has 4 heteroatoms. The maximum Gasteiger partial charge on any atom is 0.240 e. The number of nitrogens with zero attached hydrogens (tertiary/aromatic N) is 2. The minimum absolute atomic E-state index is 0.179. The Kier molecular flexibility index (Phi) is 5.94. The molecule has 2 aromatic rings. The molecule has 126 valence electrons. The molecule has 1 heterocycles. The number of carbonyl (C=O) groups is 1. The molecule has 1 fully saturated rings. The maximum atomic E-state index is 13.2. The molecule has 1 amide bonds. The Bertz CT molecular complexity index is 639. The first-order chi connectivity index (χ1) is 11.8. The fourth-order valence-electron chi connectivity index (χ4n) is 2.97. The predicted molar refractivity (Wildman–Crippen MR) is 100 cm³/mol. The third-order valence-corrected chi connectivity index (χ3v) is 5.71. The van der Waals surface area contributed by atoms with Crippen molar-refractivity contribution in [2.75, 3.05) is 32.7 Å². The molecule has 1 aliphatic rings. The van der Waals surface area contributed by atoms with Gasteiger partial charge in [0.05, 0.1) is 0 Å². The fourth-order valence-corrected chi connectivity index (χ4v) is 4.10. The maximum absolute atomic E-state index is 13.2. The van der Waals surface area contributed by atoms with Gasteiger partial charge in [0.1, 0.15) is 5.25 Å². The van der Waals surface area contributed by atoms with Crippen LogP contribution in [0.25, 0.3) is 0 Å². The number of amides is 1. The summed E-state index contributed by atoms with van der Waals surface area (Å²) >= 11 is 1.65. The van der Waals surface area contributed by atoms with Crippen LogP contribution in [0.15, 0.2) is 65.6 Å². The average Bonchev–Trinajstić information content (AvgIpc) is 2.67. The van der Waals surface area contributed by atoms with Crippen LogP contribution in [0.3, 0.4) is 0 Å². The Labute approximate surface area is 148 Å². The summed E-state index contributed by atoms with van der Waals surface area (Å²) in [5.41, 5.74) is 1.08. The first-order valence-corrected chi connectivity index (χ1v) is 9.43. The van der Waals surface area contributed by atoms with Crippen LogP contribution >= 0.6 is 11.8 Å². The van der Waals surface area contributed by atoms with Gasteiger partial charge < -0.3 is 9.80 Å². The highest BCUT2D eigenvalue weighted by Gasteiger charge is 2.29. The molecule has 0 unspecified atom stereocenters. The lowest BCUT2D eigenvalue weighted by atomic mass is 10.1. The summed E-state index contributed by atoms with van der Waals surface area (Å²) in [6, 6.07) is 20.3. The van der Waals surface area contributed by atoms with Crippen LogP contribution in [-0.4, -0.2) is 48.4 Å². The summed E-state index contributed by atoms with van der Waals surface area (Å²) < 4.78 is 0. The van der Waals surface area contributed by atoms with Crippen molar-refractivity contribution in [2.45, 2.75) is 17.1 Å². The highest BCUT2D eigenvalue weighted by molar-refractivity contribution is 8.00. The van der Waals surface area contributed by atoms with Crippen molar-refractivity contribution in [2.24, 2.45) is 0 Å². The molecule has 1 saturated heterocycles. The monoisotopic (exact) mass is 340 g/mol. The molecule has 3 nitrogen and oxygen atoms in total. The predicted octanol–water partition coefficient (Wildman–Crippen LogP) is 3.68. The quantitative estimate of drug-likeness (QED) is 0.776. The molecular weight excluding hydrogens is 316 g/mol. The lowest BCUT2D eigenvalue weighted by molar-refractivity contribution is -0.132. The van der Waals surface area contributed by atoms with Crippen molar-refractivity contribution >= 4 is 17.7 Å². The van der Waals surface area contributed by atoms with E-state index in [1.807, 2.05) is 41.3 Å². The van der Waals surface area contributed by atoms with Crippen molar-refractivity contribution in [1.82, 2.24) is 9.80 Å². The molecule has 24 heavy (non-hydrogen) atoms. The molecule has 0 radical (unpaired) electrons. The summed E-state index contributed by atoms with van der Waals surface area (Å²) in [6.45, 7) is 6.83. The second kappa shape index (κ2) is 8.36. The standard InChI is InChI=1S/C20H24N2OS/c1-2-21-13-15-22(16-14-21)20(23)19(17-9-5-3-6-10-17)24-18-11-7-4-8-12-18/h3-12,19H,2,13-16H2,1H3/t19-/m0/s1. The number of hydrogen-bond acceptors (Lipinski definition) is 3. The highest BCUT2D eigenvalue weighted by Crippen LogP contribution is 2.36. The van der Waals surface area contributed by atoms with E-state index >= 15 is 0 Å². The van der Waals surface area contributed by atoms with E-state index in [1.165, 1.54) is 0 Å². The molecule has 0 saturated carbocycles. The molecule has 0 bridgehead atoms. The van der Waals surface area contributed by atoms with Gasteiger partial charge in [-0.1, -0.05) is 55.5 Å². The van der Waals surface area contributed by atoms with E-state index in [-0.39, 0.29) is 11.2 Å². The Morgan fingerprint density at radius 3 is 2.12 bits per heavy atom. The Morgan fingerprint density at radius 2 is 1.54 bits per heavy atom. The van der Waals surface area contributed by atoms with Crippen LogP contribution in [0.1, 0.15) is 17.7 Å². The van der Waals surface area contributed by atoms with Gasteiger partial charge in [-0.25, -0.2) is 0 Å². The van der Waals surface area contributed by atoms with Crippen molar-refractivity contribution in [3.63, 3.8) is 0 Å². The SMILES string of the molecule is CCN1CCN(C(=O)[C@@H](Sc2ccccc2)c2ccccc2)CC1. The van der Waals surface area contributed by atoms with E-state index < -0.39 is 0 Å². The zero-order chi connectivity index (χ0) is 16.8. The highest BCUT2D eigenvalue weighted by atomic mass is 32.2. The molecule has 3 rings (SSSR count). The smallest absolute Gasteiger partial charge is 0.240 e. The third kappa shape index (κ3) is 4.19. The van der Waals surface area contributed by atoms with E-state index in [1.54, 1.807) is 11.8 Å². The van der Waals surface area contributed by atoms with Gasteiger partial charge in [0.25, 0.3) is 0 Å². The minimum Gasteiger partial charge on any atom is -0.339 e. The van der Waals surface area contributed by atoms with Crippen molar-refractivity contribution in [3.05, 3.63) is 66.2 Å². The number of hydrogen-bond donors (Lipinski definition) is 0. The first-order valence-electron chi connectivity index (χ1n) is 8.55. The van der Waals surface area contributed by atoms with Gasteiger partial charge in [0.2, 0.25) is 5.91 Å². The molecule has 0 aliphatic carbocycles. The van der Waals surface area contributed by atoms with Crippen molar-refractivity contribution in [1.29, 1.82) is 0 Å². The number of thioether (sulfide) groups is 1. The first kappa shape index (κ1) is 17.1. The number of piperazine rings is 1. The summed E-state index contributed by atoms with van der Waals surface area (Å²) in [4.78, 5) is 18.7. The van der Waals surface area contributed by atoms with Crippen LogP contribution in [0.5, 0.6) is 0 Å². The normalized spacial score (nSPS) is 16.8. The van der Waals surface area contributed by atoms with Gasteiger partial charge in [-0.05, 0) is 24.2 Å². The van der Waals surface area contributed by atoms with Crippen LogP contribution in [0.4, 0.5) is 0 Å². The van der Waals surface area contributed by atoms with Crippen LogP contribution in [-0.2, 0) is 4.79 Å². The zero-order valence-corrected chi connectivity index (χ0v) is 14.9. The van der Waals surface area contributed by atoms with Gasteiger partial charge in [-0.3, -0.25) is 4.79 Å². The van der Waals surface area contributed by atoms with Crippen LogP contribution in [0, 0.1) is 0 Å². The molecule has 0 spiro atoms. The van der Waals surface area contributed by atoms with Crippen molar-refractivity contribution in [3.8, 4) is 0 Å². The summed E-state index contributed by atoms with van der Waals surface area (Å²) in [6.07, 6.45) is 0. The zero-order valence-electron chi connectivity index (χ0n) is 14.1. The van der Waals surface area contributed by atoms with E-state index in [2.05, 4.69) is 36.1 Å². The molecule has 0 aromatic heterocycles. The third-order valence-electron chi connectivity index (χ3n) is 4.45. The Balaban J connectivity index is 1.78. The van der Waals surface area contributed by atoms with Gasteiger partial charge in [-0.15, -0.1) is 11.8 Å². The van der Waals surface area contributed by atoms with Crippen LogP contribution in [0.2, 0.25) is 0 Å². The number of benzene rings is 2. The Hall–Kier alpha value is -1.78. The lowest BCUT2D eigenvalue weighted by Crippen LogP contribution is -2.49. The summed E-state index contributed by atoms with van der Waals surface area (Å²) in [5, 5.41) is -0.179. The van der Waals surface area contributed by atoms with Gasteiger partial charge >= 0.3 is 0 Å². The van der Waals surface area contributed by atoms with Gasteiger partial charge in [-0.2, -0.15) is 0 Å². The lowest BCUT2D eigenvalue weighted by Gasteiger charge is -2.36. The summed E-state index contributed by atoms with van der Waals surface area (Å²) in [5.74, 6) is 0.228. The van der Waals surface area contributed by atoms with E-state index in [0.717, 1.165) is 43.2 Å². The topological polar surface area (TPSA) is 23.6 Å². The second-order valence-corrected chi connectivity index (χ2v) is 7.16. The Morgan fingerprint density at radius 1 is 0.958 bits per heavy atom.